The molecule has 0 spiro atoms. The molecule has 0 aromatic carbocycles. The highest BCUT2D eigenvalue weighted by Gasteiger charge is 2.39. The van der Waals surface area contributed by atoms with Crippen LogP contribution in [0.5, 0.6) is 0 Å². The van der Waals surface area contributed by atoms with Gasteiger partial charge in [-0.3, -0.25) is 4.79 Å². The van der Waals surface area contributed by atoms with Gasteiger partial charge in [-0.1, -0.05) is 12.8 Å². The third kappa shape index (κ3) is 3.14. The van der Waals surface area contributed by atoms with E-state index < -0.39 is 0 Å². The maximum absolute atomic E-state index is 12.0. The molecule has 0 aliphatic heterocycles. The van der Waals surface area contributed by atoms with Gasteiger partial charge in [-0.05, 0) is 32.1 Å². The van der Waals surface area contributed by atoms with Crippen LogP contribution < -0.4 is 5.32 Å². The third-order valence-electron chi connectivity index (χ3n) is 4.21. The molecular weight excluding hydrogens is 238 g/mol. The second kappa shape index (κ2) is 5.57. The predicted octanol–water partition coefficient (Wildman–Crippen LogP) is 2.61. The first-order valence-corrected chi connectivity index (χ1v) is 7.07. The summed E-state index contributed by atoms with van der Waals surface area (Å²) in [5.41, 5.74) is -0.180. The second-order valence-corrected chi connectivity index (χ2v) is 5.95. The first-order valence-electron chi connectivity index (χ1n) is 6.64. The number of halogens is 1. The number of ether oxygens (including phenoxy) is 1. The molecule has 0 saturated heterocycles. The number of hydrogen-bond acceptors (Lipinski definition) is 2. The van der Waals surface area contributed by atoms with Crippen molar-refractivity contribution in [3.63, 3.8) is 0 Å². The molecule has 0 heterocycles. The van der Waals surface area contributed by atoms with Crippen molar-refractivity contribution in [3.8, 4) is 0 Å². The van der Waals surface area contributed by atoms with Gasteiger partial charge in [0.2, 0.25) is 5.91 Å². The quantitative estimate of drug-likeness (QED) is 0.789. The van der Waals surface area contributed by atoms with Crippen LogP contribution in [0.2, 0.25) is 0 Å². The lowest BCUT2D eigenvalue weighted by atomic mass is 9.77. The molecule has 2 fully saturated rings. The van der Waals surface area contributed by atoms with Crippen LogP contribution >= 0.6 is 11.6 Å². The minimum atomic E-state index is -0.180. The van der Waals surface area contributed by atoms with E-state index in [0.717, 1.165) is 25.7 Å². The van der Waals surface area contributed by atoms with Crippen molar-refractivity contribution in [1.82, 2.24) is 5.32 Å². The van der Waals surface area contributed by atoms with Gasteiger partial charge in [0.15, 0.2) is 0 Å². The van der Waals surface area contributed by atoms with Crippen molar-refractivity contribution < 1.29 is 9.53 Å². The maximum Gasteiger partial charge on any atom is 0.223 e. The molecule has 3 nitrogen and oxygen atoms in total. The molecule has 1 N–H and O–H groups in total. The summed E-state index contributed by atoms with van der Waals surface area (Å²) in [5.74, 6) is 0.101. The number of nitrogens with one attached hydrogen (secondary N) is 1. The number of carbonyl (C=O) groups excluding carboxylic acids is 1. The Hall–Kier alpha value is -0.280. The number of methoxy groups -OCH3 is 1. The molecule has 17 heavy (non-hydrogen) atoms. The van der Waals surface area contributed by atoms with Gasteiger partial charge in [-0.25, -0.2) is 0 Å². The summed E-state index contributed by atoms with van der Waals surface area (Å²) in [6, 6.07) is 0.159. The lowest BCUT2D eigenvalue weighted by Crippen LogP contribution is -2.48. The van der Waals surface area contributed by atoms with E-state index in [1.165, 1.54) is 19.3 Å². The number of amides is 1. The van der Waals surface area contributed by atoms with E-state index in [-0.39, 0.29) is 22.9 Å². The minimum Gasteiger partial charge on any atom is -0.378 e. The normalized spacial score (nSPS) is 31.6. The molecular formula is C13H22ClNO2. The van der Waals surface area contributed by atoms with Crippen molar-refractivity contribution in [1.29, 1.82) is 0 Å². The van der Waals surface area contributed by atoms with Crippen LogP contribution in [0, 0.1) is 0 Å². The van der Waals surface area contributed by atoms with Gasteiger partial charge >= 0.3 is 0 Å². The van der Waals surface area contributed by atoms with E-state index in [1.54, 1.807) is 7.11 Å². The van der Waals surface area contributed by atoms with Crippen molar-refractivity contribution >= 4 is 17.5 Å². The fourth-order valence-corrected chi connectivity index (χ4v) is 3.17. The SMILES string of the molecule is COC1(CC(=O)NC2CCCCC2Cl)CCC1. The number of alkyl halides is 1. The van der Waals surface area contributed by atoms with E-state index >= 15 is 0 Å². The summed E-state index contributed by atoms with van der Waals surface area (Å²) < 4.78 is 5.47. The van der Waals surface area contributed by atoms with Crippen molar-refractivity contribution in [2.75, 3.05) is 7.11 Å². The molecule has 0 bridgehead atoms. The Morgan fingerprint density at radius 1 is 1.35 bits per heavy atom. The van der Waals surface area contributed by atoms with E-state index in [2.05, 4.69) is 5.32 Å². The Kier molecular flexibility index (Phi) is 4.31. The molecule has 1 amide bonds. The van der Waals surface area contributed by atoms with Crippen molar-refractivity contribution in [2.45, 2.75) is 68.4 Å². The Labute approximate surface area is 108 Å². The van der Waals surface area contributed by atoms with E-state index in [0.29, 0.717) is 6.42 Å². The zero-order chi connectivity index (χ0) is 12.3. The van der Waals surface area contributed by atoms with Gasteiger partial charge < -0.3 is 10.1 Å². The van der Waals surface area contributed by atoms with Gasteiger partial charge in [0.1, 0.15) is 0 Å². The average molecular weight is 260 g/mol. The lowest BCUT2D eigenvalue weighted by Gasteiger charge is -2.40. The Morgan fingerprint density at radius 2 is 2.06 bits per heavy atom. The van der Waals surface area contributed by atoms with Crippen LogP contribution in [0.1, 0.15) is 51.4 Å². The summed E-state index contributed by atoms with van der Waals surface area (Å²) >= 11 is 6.23. The van der Waals surface area contributed by atoms with Crippen LogP contribution in [0.3, 0.4) is 0 Å². The van der Waals surface area contributed by atoms with Crippen LogP contribution in [0.25, 0.3) is 0 Å². The molecule has 4 heteroatoms. The molecule has 0 radical (unpaired) electrons. The smallest absolute Gasteiger partial charge is 0.223 e. The summed E-state index contributed by atoms with van der Waals surface area (Å²) in [6.07, 6.45) is 8.05. The van der Waals surface area contributed by atoms with E-state index in [1.807, 2.05) is 0 Å². The van der Waals surface area contributed by atoms with Crippen LogP contribution in [-0.4, -0.2) is 30.0 Å². The van der Waals surface area contributed by atoms with Crippen LogP contribution in [0.4, 0.5) is 0 Å². The van der Waals surface area contributed by atoms with Gasteiger partial charge in [-0.15, -0.1) is 11.6 Å². The molecule has 98 valence electrons. The number of rotatable bonds is 4. The maximum atomic E-state index is 12.0. The summed E-state index contributed by atoms with van der Waals surface area (Å²) in [5, 5.41) is 3.18. The van der Waals surface area contributed by atoms with E-state index in [4.69, 9.17) is 16.3 Å². The topological polar surface area (TPSA) is 38.3 Å². The molecule has 2 saturated carbocycles. The summed E-state index contributed by atoms with van der Waals surface area (Å²) in [6.45, 7) is 0. The molecule has 2 atom stereocenters. The van der Waals surface area contributed by atoms with Crippen molar-refractivity contribution in [3.05, 3.63) is 0 Å². The monoisotopic (exact) mass is 259 g/mol. The highest BCUT2D eigenvalue weighted by Crippen LogP contribution is 2.38. The minimum absolute atomic E-state index is 0.101. The number of carbonyl (C=O) groups is 1. The molecule has 2 rings (SSSR count). The molecule has 2 aliphatic carbocycles. The zero-order valence-corrected chi connectivity index (χ0v) is 11.3. The summed E-state index contributed by atoms with van der Waals surface area (Å²) in [4.78, 5) is 12.0. The van der Waals surface area contributed by atoms with Gasteiger partial charge in [0.05, 0.1) is 17.4 Å². The largest absolute Gasteiger partial charge is 0.378 e. The third-order valence-corrected chi connectivity index (χ3v) is 4.73. The van der Waals surface area contributed by atoms with Crippen LogP contribution in [0.15, 0.2) is 0 Å². The highest BCUT2D eigenvalue weighted by atomic mass is 35.5. The van der Waals surface area contributed by atoms with Gasteiger partial charge in [-0.2, -0.15) is 0 Å². The molecule has 2 unspecified atom stereocenters. The second-order valence-electron chi connectivity index (χ2n) is 5.39. The Morgan fingerprint density at radius 3 is 2.59 bits per heavy atom. The Balaban J connectivity index is 1.80. The van der Waals surface area contributed by atoms with Gasteiger partial charge in [0, 0.05) is 13.2 Å². The van der Waals surface area contributed by atoms with Crippen LogP contribution in [-0.2, 0) is 9.53 Å². The summed E-state index contributed by atoms with van der Waals surface area (Å²) in [7, 11) is 1.71. The molecule has 0 aromatic heterocycles. The Bertz CT molecular complexity index is 273. The predicted molar refractivity (Wildman–Crippen MR) is 68.2 cm³/mol. The first-order chi connectivity index (χ1) is 8.15. The molecule has 2 aliphatic rings. The lowest BCUT2D eigenvalue weighted by molar-refractivity contribution is -0.135. The van der Waals surface area contributed by atoms with Crippen molar-refractivity contribution in [2.24, 2.45) is 0 Å². The zero-order valence-electron chi connectivity index (χ0n) is 10.5. The molecule has 0 aromatic rings. The standard InChI is InChI=1S/C13H22ClNO2/c1-17-13(7-4-8-13)9-12(16)15-11-6-3-2-5-10(11)14/h10-11H,2-9H2,1H3,(H,15,16). The fraction of sp³-hybridized carbons (Fsp3) is 0.923. The first kappa shape index (κ1) is 13.2. The average Bonchev–Trinajstić information content (AvgIpc) is 2.27. The fourth-order valence-electron chi connectivity index (χ4n) is 2.82. The van der Waals surface area contributed by atoms with Gasteiger partial charge in [0.25, 0.3) is 0 Å². The highest BCUT2D eigenvalue weighted by molar-refractivity contribution is 6.21. The number of hydrogen-bond donors (Lipinski definition) is 1. The van der Waals surface area contributed by atoms with E-state index in [9.17, 15) is 4.79 Å².